The maximum Gasteiger partial charge on any atom is 0.340 e. The Morgan fingerprint density at radius 3 is 2.42 bits per heavy atom. The number of para-hydroxylation sites is 1. The molecule has 0 aliphatic heterocycles. The Labute approximate surface area is 152 Å². The topological polar surface area (TPSA) is 53.2 Å². The average Bonchev–Trinajstić information content (AvgIpc) is 3.16. The molecule has 134 valence electrons. The lowest BCUT2D eigenvalue weighted by Gasteiger charge is -2.12. The molecule has 2 heterocycles. The van der Waals surface area contributed by atoms with E-state index in [0.717, 1.165) is 22.6 Å². The highest BCUT2D eigenvalue weighted by Gasteiger charge is 2.20. The standard InChI is InChI=1S/C21H22N2O3/c1-14-8-5-6-9-18(14)23-15(2)12-17(16(23)3)21(25)26-13-20(24)19-10-7-11-22(19)4/h5-12H,13H2,1-4H3. The number of rotatable bonds is 5. The lowest BCUT2D eigenvalue weighted by atomic mass is 10.2. The molecule has 0 saturated carbocycles. The van der Waals surface area contributed by atoms with E-state index in [1.165, 1.54) is 0 Å². The van der Waals surface area contributed by atoms with Gasteiger partial charge in [0.1, 0.15) is 0 Å². The summed E-state index contributed by atoms with van der Waals surface area (Å²) in [5.74, 6) is -0.709. The van der Waals surface area contributed by atoms with Crippen molar-refractivity contribution in [2.75, 3.05) is 6.61 Å². The first kappa shape index (κ1) is 17.7. The maximum absolute atomic E-state index is 12.5. The SMILES string of the molecule is Cc1ccccc1-n1c(C)cc(C(=O)OCC(=O)c2cccn2C)c1C. The molecule has 3 rings (SSSR count). The van der Waals surface area contributed by atoms with Gasteiger partial charge in [0, 0.05) is 30.3 Å². The molecule has 0 N–H and O–H groups in total. The van der Waals surface area contributed by atoms with Gasteiger partial charge in [0.25, 0.3) is 0 Å². The zero-order valence-corrected chi connectivity index (χ0v) is 15.4. The Morgan fingerprint density at radius 2 is 1.77 bits per heavy atom. The fraction of sp³-hybridized carbons (Fsp3) is 0.238. The second-order valence-electron chi connectivity index (χ2n) is 6.41. The molecule has 0 atom stereocenters. The summed E-state index contributed by atoms with van der Waals surface area (Å²) in [7, 11) is 1.78. The van der Waals surface area contributed by atoms with E-state index in [2.05, 4.69) is 0 Å². The van der Waals surface area contributed by atoms with E-state index in [0.29, 0.717) is 11.3 Å². The highest BCUT2D eigenvalue weighted by molar-refractivity contribution is 5.98. The number of aryl methyl sites for hydroxylation is 3. The van der Waals surface area contributed by atoms with E-state index < -0.39 is 5.97 Å². The minimum Gasteiger partial charge on any atom is -0.454 e. The smallest absolute Gasteiger partial charge is 0.340 e. The van der Waals surface area contributed by atoms with Crippen molar-refractivity contribution in [1.29, 1.82) is 0 Å². The van der Waals surface area contributed by atoms with Crippen molar-refractivity contribution in [2.24, 2.45) is 7.05 Å². The highest BCUT2D eigenvalue weighted by Crippen LogP contribution is 2.23. The van der Waals surface area contributed by atoms with Gasteiger partial charge in [0.15, 0.2) is 6.61 Å². The fourth-order valence-corrected chi connectivity index (χ4v) is 3.19. The highest BCUT2D eigenvalue weighted by atomic mass is 16.5. The second kappa shape index (κ2) is 7.04. The number of esters is 1. The lowest BCUT2D eigenvalue weighted by Crippen LogP contribution is -2.17. The van der Waals surface area contributed by atoms with Gasteiger partial charge in [-0.15, -0.1) is 0 Å². The number of aromatic nitrogens is 2. The third-order valence-electron chi connectivity index (χ3n) is 4.57. The molecule has 3 aromatic rings. The first-order chi connectivity index (χ1) is 12.4. The van der Waals surface area contributed by atoms with E-state index in [1.807, 2.05) is 49.6 Å². The number of Topliss-reactive ketones (excluding diaryl/α,β-unsaturated/α-hetero) is 1. The van der Waals surface area contributed by atoms with Crippen molar-refractivity contribution in [1.82, 2.24) is 9.13 Å². The minimum atomic E-state index is -0.486. The Bertz CT molecular complexity index is 979. The summed E-state index contributed by atoms with van der Waals surface area (Å²) in [4.78, 5) is 24.7. The van der Waals surface area contributed by atoms with Gasteiger partial charge in [0.2, 0.25) is 5.78 Å². The van der Waals surface area contributed by atoms with Crippen LogP contribution >= 0.6 is 0 Å². The number of ketones is 1. The second-order valence-corrected chi connectivity index (χ2v) is 6.41. The van der Waals surface area contributed by atoms with Crippen molar-refractivity contribution in [2.45, 2.75) is 20.8 Å². The van der Waals surface area contributed by atoms with Crippen LogP contribution in [-0.2, 0) is 11.8 Å². The Morgan fingerprint density at radius 1 is 1.04 bits per heavy atom. The Hall–Kier alpha value is -3.08. The average molecular weight is 350 g/mol. The van der Waals surface area contributed by atoms with Crippen LogP contribution in [-0.4, -0.2) is 27.5 Å². The summed E-state index contributed by atoms with van der Waals surface area (Å²) in [6, 6.07) is 13.3. The van der Waals surface area contributed by atoms with Crippen LogP contribution in [0.4, 0.5) is 0 Å². The number of ether oxygens (including phenoxy) is 1. The van der Waals surface area contributed by atoms with Gasteiger partial charge in [-0.05, 0) is 50.6 Å². The Balaban J connectivity index is 1.81. The molecule has 5 heteroatoms. The normalized spacial score (nSPS) is 10.8. The fourth-order valence-electron chi connectivity index (χ4n) is 3.19. The van der Waals surface area contributed by atoms with Crippen molar-refractivity contribution in [3.63, 3.8) is 0 Å². The molecule has 0 aliphatic carbocycles. The third kappa shape index (κ3) is 3.20. The molecular weight excluding hydrogens is 328 g/mol. The van der Waals surface area contributed by atoms with Crippen LogP contribution in [0.25, 0.3) is 5.69 Å². The van der Waals surface area contributed by atoms with E-state index >= 15 is 0 Å². The molecule has 0 saturated heterocycles. The molecule has 0 unspecified atom stereocenters. The van der Waals surface area contributed by atoms with Crippen molar-refractivity contribution < 1.29 is 14.3 Å². The summed E-state index contributed by atoms with van der Waals surface area (Å²) in [5.41, 5.74) is 4.88. The molecule has 5 nitrogen and oxygen atoms in total. The van der Waals surface area contributed by atoms with Gasteiger partial charge in [0.05, 0.1) is 11.3 Å². The van der Waals surface area contributed by atoms with Gasteiger partial charge in [-0.2, -0.15) is 0 Å². The summed E-state index contributed by atoms with van der Waals surface area (Å²) in [6.45, 7) is 5.59. The molecule has 0 bridgehead atoms. The van der Waals surface area contributed by atoms with Crippen molar-refractivity contribution >= 4 is 11.8 Å². The number of hydrogen-bond acceptors (Lipinski definition) is 3. The first-order valence-corrected chi connectivity index (χ1v) is 8.46. The van der Waals surface area contributed by atoms with Crippen LogP contribution < -0.4 is 0 Å². The molecule has 1 aromatic carbocycles. The summed E-state index contributed by atoms with van der Waals surface area (Å²) >= 11 is 0. The predicted molar refractivity (Wildman–Crippen MR) is 100 cm³/mol. The largest absolute Gasteiger partial charge is 0.454 e. The van der Waals surface area contributed by atoms with Crippen LogP contribution in [0.15, 0.2) is 48.7 Å². The van der Waals surface area contributed by atoms with E-state index in [4.69, 9.17) is 4.74 Å². The number of carbonyl (C=O) groups excluding carboxylic acids is 2. The van der Waals surface area contributed by atoms with Crippen molar-refractivity contribution in [3.8, 4) is 5.69 Å². The monoisotopic (exact) mass is 350 g/mol. The van der Waals surface area contributed by atoms with Gasteiger partial charge in [-0.25, -0.2) is 4.79 Å². The zero-order valence-electron chi connectivity index (χ0n) is 15.4. The number of carbonyl (C=O) groups is 2. The van der Waals surface area contributed by atoms with Crippen LogP contribution in [0.5, 0.6) is 0 Å². The molecule has 0 fully saturated rings. The minimum absolute atomic E-state index is 0.224. The summed E-state index contributed by atoms with van der Waals surface area (Å²) in [5, 5.41) is 0. The van der Waals surface area contributed by atoms with Gasteiger partial charge >= 0.3 is 5.97 Å². The van der Waals surface area contributed by atoms with Crippen LogP contribution in [0.1, 0.15) is 37.8 Å². The van der Waals surface area contributed by atoms with E-state index in [1.54, 1.807) is 36.0 Å². The molecule has 0 aliphatic rings. The quantitative estimate of drug-likeness (QED) is 0.520. The molecular formula is C21H22N2O3. The predicted octanol–water partition coefficient (Wildman–Crippen LogP) is 3.78. The van der Waals surface area contributed by atoms with Crippen LogP contribution in [0.3, 0.4) is 0 Å². The first-order valence-electron chi connectivity index (χ1n) is 8.46. The van der Waals surface area contributed by atoms with Crippen LogP contribution in [0.2, 0.25) is 0 Å². The van der Waals surface area contributed by atoms with E-state index in [-0.39, 0.29) is 12.4 Å². The molecule has 0 amide bonds. The summed E-state index contributed by atoms with van der Waals surface area (Å²) < 4.78 is 9.01. The van der Waals surface area contributed by atoms with Crippen LogP contribution in [0, 0.1) is 20.8 Å². The maximum atomic E-state index is 12.5. The van der Waals surface area contributed by atoms with Gasteiger partial charge < -0.3 is 13.9 Å². The molecule has 2 aromatic heterocycles. The van der Waals surface area contributed by atoms with Gasteiger partial charge in [-0.1, -0.05) is 18.2 Å². The van der Waals surface area contributed by atoms with Gasteiger partial charge in [-0.3, -0.25) is 4.79 Å². The third-order valence-corrected chi connectivity index (χ3v) is 4.57. The summed E-state index contributed by atoms with van der Waals surface area (Å²) in [6.07, 6.45) is 1.78. The number of nitrogens with zero attached hydrogens (tertiary/aromatic N) is 2. The number of benzene rings is 1. The molecule has 0 spiro atoms. The van der Waals surface area contributed by atoms with E-state index in [9.17, 15) is 9.59 Å². The number of hydrogen-bond donors (Lipinski definition) is 0. The molecule has 0 radical (unpaired) electrons. The zero-order chi connectivity index (χ0) is 18.8. The molecule has 26 heavy (non-hydrogen) atoms. The van der Waals surface area contributed by atoms with Crippen molar-refractivity contribution in [3.05, 3.63) is 76.9 Å². The lowest BCUT2D eigenvalue weighted by molar-refractivity contribution is 0.0472. The Kier molecular flexibility index (Phi) is 4.80.